The normalized spacial score (nSPS) is 20.9. The summed E-state index contributed by atoms with van der Waals surface area (Å²) in [6.45, 7) is 8.03. The van der Waals surface area contributed by atoms with Crippen LogP contribution in [0.15, 0.2) is 42.5 Å². The number of fused-ring (bicyclic) bond motifs is 1. The first-order chi connectivity index (χ1) is 22.0. The lowest BCUT2D eigenvalue weighted by Gasteiger charge is -2.41. The molecule has 2 aromatic carbocycles. The van der Waals surface area contributed by atoms with Crippen molar-refractivity contribution in [2.75, 3.05) is 64.6 Å². The van der Waals surface area contributed by atoms with Crippen molar-refractivity contribution in [3.05, 3.63) is 64.7 Å². The van der Waals surface area contributed by atoms with Crippen LogP contribution in [-0.2, 0) is 30.5 Å². The third-order valence-corrected chi connectivity index (χ3v) is 10.6. The number of nitrogens with zero attached hydrogens (tertiary/aromatic N) is 3. The Morgan fingerprint density at radius 2 is 1.58 bits per heavy atom. The Balaban J connectivity index is 1.04. The fourth-order valence-corrected chi connectivity index (χ4v) is 7.77. The Morgan fingerprint density at radius 1 is 0.867 bits per heavy atom. The summed E-state index contributed by atoms with van der Waals surface area (Å²) in [5, 5.41) is 10.3. The average molecular weight is 616 g/mol. The summed E-state index contributed by atoms with van der Waals surface area (Å²) in [4.78, 5) is 34.2. The van der Waals surface area contributed by atoms with Crippen LogP contribution in [0.4, 0.5) is 10.5 Å². The highest BCUT2D eigenvalue weighted by atomic mass is 16.2. The highest BCUT2D eigenvalue weighted by molar-refractivity contribution is 5.87. The number of piperazine rings is 1. The van der Waals surface area contributed by atoms with Gasteiger partial charge in [0.15, 0.2) is 0 Å². The van der Waals surface area contributed by atoms with Crippen LogP contribution in [0.3, 0.4) is 0 Å². The van der Waals surface area contributed by atoms with Crippen LogP contribution in [0.1, 0.15) is 60.8 Å². The summed E-state index contributed by atoms with van der Waals surface area (Å²) in [6, 6.07) is 15.0. The largest absolute Gasteiger partial charge is 0.399 e. The van der Waals surface area contributed by atoms with Crippen LogP contribution in [0.25, 0.3) is 0 Å². The number of hydrogen-bond acceptors (Lipinski definition) is 6. The molecule has 3 aliphatic heterocycles. The highest BCUT2D eigenvalue weighted by Gasteiger charge is 2.33. The smallest absolute Gasteiger partial charge is 0.318 e. The summed E-state index contributed by atoms with van der Waals surface area (Å²) < 4.78 is 0. The maximum Gasteiger partial charge on any atom is 0.318 e. The topological polar surface area (TPSA) is 106 Å². The number of nitrogen functional groups attached to an aromatic ring is 1. The van der Waals surface area contributed by atoms with Crippen LogP contribution < -0.4 is 21.7 Å². The SMILES string of the molecule is Nc1ccccc1CCNC1CCN(C(=O)N[C@H](Cc2ccc3c(c2)CCCC3)C(=O)N2CCC(N3CCNCC3)CC2)CC1. The van der Waals surface area contributed by atoms with Crippen LogP contribution >= 0.6 is 0 Å². The van der Waals surface area contributed by atoms with E-state index in [9.17, 15) is 9.59 Å². The van der Waals surface area contributed by atoms with E-state index in [1.54, 1.807) is 0 Å². The van der Waals surface area contributed by atoms with Crippen molar-refractivity contribution < 1.29 is 9.59 Å². The number of nitrogens with one attached hydrogen (secondary N) is 3. The number of para-hydroxylation sites is 1. The molecule has 0 saturated carbocycles. The van der Waals surface area contributed by atoms with Gasteiger partial charge in [0, 0.05) is 76.5 Å². The van der Waals surface area contributed by atoms with Crippen molar-refractivity contribution >= 4 is 17.6 Å². The molecule has 4 aliphatic rings. The van der Waals surface area contributed by atoms with Crippen LogP contribution in [0.2, 0.25) is 0 Å². The fraction of sp³-hybridized carbons (Fsp3) is 0.611. The predicted octanol–water partition coefficient (Wildman–Crippen LogP) is 2.96. The van der Waals surface area contributed by atoms with Crippen molar-refractivity contribution in [1.29, 1.82) is 0 Å². The Bertz CT molecular complexity index is 1280. The summed E-state index contributed by atoms with van der Waals surface area (Å²) in [6.07, 6.45) is 9.97. The van der Waals surface area contributed by atoms with Gasteiger partial charge in [-0.1, -0.05) is 36.4 Å². The molecule has 0 spiro atoms. The molecule has 3 amide bonds. The Morgan fingerprint density at radius 3 is 2.33 bits per heavy atom. The van der Waals surface area contributed by atoms with Gasteiger partial charge >= 0.3 is 6.03 Å². The molecule has 3 heterocycles. The summed E-state index contributed by atoms with van der Waals surface area (Å²) in [5.74, 6) is 0.0663. The van der Waals surface area contributed by atoms with Crippen molar-refractivity contribution in [2.24, 2.45) is 0 Å². The third kappa shape index (κ3) is 8.37. The van der Waals surface area contributed by atoms with Gasteiger partial charge in [-0.25, -0.2) is 4.79 Å². The number of nitrogens with two attached hydrogens (primary N) is 1. The van der Waals surface area contributed by atoms with E-state index in [2.05, 4.69) is 45.1 Å². The standard InChI is InChI=1S/C36H53N7O2/c37-33-8-4-3-6-29(33)11-16-39-31-12-19-43(20-13-31)36(45)40-34(26-27-9-10-28-5-1-2-7-30(28)25-27)35(44)42-21-14-32(15-22-42)41-23-17-38-18-24-41/h3-4,6,8-10,25,31-32,34,38-39H,1-2,5,7,11-24,26,37H2,(H,40,45)/t34-/m1/s1. The Kier molecular flexibility index (Phi) is 10.9. The molecule has 6 rings (SSSR count). The minimum atomic E-state index is -0.554. The molecule has 0 radical (unpaired) electrons. The first-order valence-corrected chi connectivity index (χ1v) is 17.5. The number of rotatable bonds is 9. The molecule has 1 aliphatic carbocycles. The number of benzene rings is 2. The number of aryl methyl sites for hydroxylation is 2. The number of urea groups is 1. The predicted molar refractivity (Wildman–Crippen MR) is 180 cm³/mol. The molecule has 1 atom stereocenters. The zero-order valence-corrected chi connectivity index (χ0v) is 26.9. The van der Waals surface area contributed by atoms with E-state index in [1.165, 1.54) is 29.5 Å². The lowest BCUT2D eigenvalue weighted by atomic mass is 9.89. The van der Waals surface area contributed by atoms with Gasteiger partial charge in [0.25, 0.3) is 0 Å². The molecule has 9 heteroatoms. The van der Waals surface area contributed by atoms with Crippen molar-refractivity contribution in [3.63, 3.8) is 0 Å². The van der Waals surface area contributed by atoms with E-state index >= 15 is 0 Å². The second kappa shape index (κ2) is 15.4. The number of likely N-dealkylation sites (tertiary alicyclic amines) is 2. The highest BCUT2D eigenvalue weighted by Crippen LogP contribution is 2.24. The zero-order chi connectivity index (χ0) is 31.0. The van der Waals surface area contributed by atoms with E-state index in [-0.39, 0.29) is 11.9 Å². The second-order valence-corrected chi connectivity index (χ2v) is 13.5. The lowest BCUT2D eigenvalue weighted by molar-refractivity contribution is -0.134. The summed E-state index contributed by atoms with van der Waals surface area (Å²) >= 11 is 0. The van der Waals surface area contributed by atoms with Crippen molar-refractivity contribution in [1.82, 2.24) is 30.7 Å². The van der Waals surface area contributed by atoms with Gasteiger partial charge < -0.3 is 31.5 Å². The van der Waals surface area contributed by atoms with E-state index < -0.39 is 6.04 Å². The van der Waals surface area contributed by atoms with Gasteiger partial charge in [-0.05, 0) is 92.7 Å². The van der Waals surface area contributed by atoms with Gasteiger partial charge in [0.2, 0.25) is 5.91 Å². The average Bonchev–Trinajstić information content (AvgIpc) is 3.09. The molecule has 244 valence electrons. The maximum atomic E-state index is 14.1. The minimum Gasteiger partial charge on any atom is -0.399 e. The minimum absolute atomic E-state index is 0.0663. The van der Waals surface area contributed by atoms with Crippen molar-refractivity contribution in [3.8, 4) is 0 Å². The van der Waals surface area contributed by atoms with E-state index in [4.69, 9.17) is 5.73 Å². The summed E-state index contributed by atoms with van der Waals surface area (Å²) in [7, 11) is 0. The Labute approximate surface area is 269 Å². The van der Waals surface area contributed by atoms with Crippen molar-refractivity contribution in [2.45, 2.75) is 82.3 Å². The Hall–Kier alpha value is -3.14. The van der Waals surface area contributed by atoms with E-state index in [0.29, 0.717) is 31.6 Å². The number of amides is 3. The van der Waals surface area contributed by atoms with E-state index in [1.807, 2.05) is 28.0 Å². The number of carbonyl (C=O) groups is 2. The second-order valence-electron chi connectivity index (χ2n) is 13.5. The quantitative estimate of drug-likeness (QED) is 0.324. The van der Waals surface area contributed by atoms with Crippen LogP contribution in [-0.4, -0.2) is 104 Å². The molecule has 3 saturated heterocycles. The first-order valence-electron chi connectivity index (χ1n) is 17.5. The molecular weight excluding hydrogens is 562 g/mol. The zero-order valence-electron chi connectivity index (χ0n) is 26.9. The molecule has 5 N–H and O–H groups in total. The lowest BCUT2D eigenvalue weighted by Crippen LogP contribution is -2.57. The van der Waals surface area contributed by atoms with Gasteiger partial charge in [-0.2, -0.15) is 0 Å². The molecule has 0 bridgehead atoms. The van der Waals surface area contributed by atoms with Gasteiger partial charge in [0.1, 0.15) is 6.04 Å². The van der Waals surface area contributed by atoms with Gasteiger partial charge in [-0.15, -0.1) is 0 Å². The molecule has 3 fully saturated rings. The third-order valence-electron chi connectivity index (χ3n) is 10.6. The van der Waals surface area contributed by atoms with Crippen LogP contribution in [0.5, 0.6) is 0 Å². The molecule has 0 aromatic heterocycles. The molecule has 9 nitrogen and oxygen atoms in total. The number of anilines is 1. The first kappa shape index (κ1) is 31.8. The van der Waals surface area contributed by atoms with Gasteiger partial charge in [-0.3, -0.25) is 9.69 Å². The number of piperidine rings is 2. The molecule has 0 unspecified atom stereocenters. The molecular formula is C36H53N7O2. The maximum absolute atomic E-state index is 14.1. The van der Waals surface area contributed by atoms with Gasteiger partial charge in [0.05, 0.1) is 0 Å². The monoisotopic (exact) mass is 615 g/mol. The molecule has 2 aromatic rings. The number of carbonyl (C=O) groups excluding carboxylic acids is 2. The molecule has 45 heavy (non-hydrogen) atoms. The van der Waals surface area contributed by atoms with Crippen LogP contribution in [0, 0.1) is 0 Å². The fourth-order valence-electron chi connectivity index (χ4n) is 7.77. The number of hydrogen-bond donors (Lipinski definition) is 4. The summed E-state index contributed by atoms with van der Waals surface area (Å²) in [5.41, 5.74) is 12.1. The van der Waals surface area contributed by atoms with E-state index in [0.717, 1.165) is 102 Å².